The monoisotopic (exact) mass is 522 g/mol. The zero-order valence-electron chi connectivity index (χ0n) is 22.2. The molecule has 204 valence electrons. The minimum atomic E-state index is -0.762. The molecule has 1 amide bonds. The molecule has 10 nitrogen and oxygen atoms in total. The smallest absolute Gasteiger partial charge is 0.305 e. The van der Waals surface area contributed by atoms with Crippen LogP contribution >= 0.6 is 0 Å². The molecule has 2 N–H and O–H groups in total. The summed E-state index contributed by atoms with van der Waals surface area (Å²) in [6.07, 6.45) is 1.07. The van der Waals surface area contributed by atoms with Crippen molar-refractivity contribution >= 4 is 17.8 Å². The molecule has 2 rings (SSSR count). The number of aromatic nitrogens is 1. The van der Waals surface area contributed by atoms with Gasteiger partial charge in [0.15, 0.2) is 17.2 Å². The average Bonchev–Trinajstić information content (AvgIpc) is 2.83. The quantitative estimate of drug-likeness (QED) is 0.343. The zero-order valence-corrected chi connectivity index (χ0v) is 22.2. The van der Waals surface area contributed by atoms with Gasteiger partial charge < -0.3 is 29.4 Å². The van der Waals surface area contributed by atoms with Crippen LogP contribution in [0, 0.1) is 18.7 Å². The third kappa shape index (κ3) is 10.3. The maximum Gasteiger partial charge on any atom is 0.305 e. The van der Waals surface area contributed by atoms with Gasteiger partial charge in [-0.05, 0) is 43.5 Å². The minimum absolute atomic E-state index is 0.0451. The third-order valence-electron chi connectivity index (χ3n) is 4.91. The highest BCUT2D eigenvalue weighted by Crippen LogP contribution is 2.29. The van der Waals surface area contributed by atoms with Crippen molar-refractivity contribution in [3.8, 4) is 17.2 Å². The lowest BCUT2D eigenvalue weighted by Crippen LogP contribution is -2.37. The number of carbonyl (C=O) groups is 3. The molecule has 2 aromatic rings. The van der Waals surface area contributed by atoms with E-state index in [9.17, 15) is 18.8 Å². The van der Waals surface area contributed by atoms with Crippen molar-refractivity contribution in [3.05, 3.63) is 47.5 Å². The maximum absolute atomic E-state index is 13.1. The Morgan fingerprint density at radius 1 is 1.11 bits per heavy atom. The molecule has 0 aliphatic heterocycles. The number of esters is 2. The van der Waals surface area contributed by atoms with E-state index < -0.39 is 11.9 Å². The largest absolute Gasteiger partial charge is 0.493 e. The van der Waals surface area contributed by atoms with Crippen LogP contribution in [-0.4, -0.2) is 48.9 Å². The molecule has 2 unspecified atom stereocenters. The number of halogens is 1. The predicted octanol–water partition coefficient (Wildman–Crippen LogP) is 3.97. The average molecular weight is 523 g/mol. The van der Waals surface area contributed by atoms with Gasteiger partial charge in [-0.3, -0.25) is 14.4 Å². The number of hydrogen-bond donors (Lipinski definition) is 1. The minimum Gasteiger partial charge on any atom is -0.493 e. The summed E-state index contributed by atoms with van der Waals surface area (Å²) in [6, 6.07) is 5.87. The molecule has 0 fully saturated rings. The van der Waals surface area contributed by atoms with Crippen molar-refractivity contribution in [3.63, 3.8) is 0 Å². The van der Waals surface area contributed by atoms with Crippen molar-refractivity contribution in [2.75, 3.05) is 13.9 Å². The number of rotatable bonds is 11. The number of carbonyl (C=O) groups excluding carboxylic acids is 3. The molecule has 0 bridgehead atoms. The van der Waals surface area contributed by atoms with Crippen LogP contribution in [0.15, 0.2) is 30.5 Å². The van der Waals surface area contributed by atoms with Crippen molar-refractivity contribution in [1.29, 1.82) is 0 Å². The van der Waals surface area contributed by atoms with Crippen LogP contribution in [0.3, 0.4) is 0 Å². The number of ether oxygens (including phenoxy) is 5. The highest BCUT2D eigenvalue weighted by molar-refractivity contribution is 5.94. The Morgan fingerprint density at radius 3 is 2.30 bits per heavy atom. The van der Waals surface area contributed by atoms with Crippen molar-refractivity contribution in [2.45, 2.75) is 60.2 Å². The number of pyridine rings is 1. The fourth-order valence-electron chi connectivity index (χ4n) is 3.10. The Bertz CT molecular complexity index is 1060. The summed E-state index contributed by atoms with van der Waals surface area (Å²) < 4.78 is 39.0. The molecule has 2 atom stereocenters. The highest BCUT2D eigenvalue weighted by Gasteiger charge is 2.26. The van der Waals surface area contributed by atoms with Gasteiger partial charge in [-0.1, -0.05) is 20.8 Å². The van der Waals surface area contributed by atoms with E-state index in [-0.39, 0.29) is 53.9 Å². The molecule has 0 saturated carbocycles. The molecule has 0 aliphatic rings. The Morgan fingerprint density at radius 2 is 1.78 bits per heavy atom. The number of amides is 1. The van der Waals surface area contributed by atoms with Gasteiger partial charge in [0.1, 0.15) is 23.8 Å². The molecule has 1 aromatic carbocycles. The van der Waals surface area contributed by atoms with E-state index in [0.717, 1.165) is 5.56 Å². The first kappa shape index (κ1) is 31.1. The van der Waals surface area contributed by atoms with E-state index in [1.165, 1.54) is 38.4 Å². The summed E-state index contributed by atoms with van der Waals surface area (Å²) in [5, 5.41) is 0. The first-order valence-electron chi connectivity index (χ1n) is 11.6. The number of methoxy groups -OCH3 is 1. The van der Waals surface area contributed by atoms with E-state index in [4.69, 9.17) is 24.7 Å². The van der Waals surface area contributed by atoms with E-state index in [2.05, 4.69) is 9.72 Å². The Labute approximate surface area is 216 Å². The summed E-state index contributed by atoms with van der Waals surface area (Å²) in [6.45, 7) is 10.2. The van der Waals surface area contributed by atoms with Crippen LogP contribution in [0.1, 0.15) is 57.1 Å². The van der Waals surface area contributed by atoms with Gasteiger partial charge in [0.05, 0.1) is 7.11 Å². The Kier molecular flexibility index (Phi) is 12.9. The van der Waals surface area contributed by atoms with Gasteiger partial charge in [-0.15, -0.1) is 0 Å². The van der Waals surface area contributed by atoms with Crippen molar-refractivity contribution in [2.24, 2.45) is 11.7 Å². The number of hydrogen-bond acceptors (Lipinski definition) is 9. The Balaban J connectivity index is 0.000000375. The number of primary amides is 1. The molecule has 0 aliphatic carbocycles. The lowest BCUT2D eigenvalue weighted by molar-refractivity contribution is -0.156. The van der Waals surface area contributed by atoms with Crippen LogP contribution in [0.4, 0.5) is 4.39 Å². The lowest BCUT2D eigenvalue weighted by Gasteiger charge is -2.28. The highest BCUT2D eigenvalue weighted by atomic mass is 19.1. The predicted molar refractivity (Wildman–Crippen MR) is 133 cm³/mol. The molecule has 11 heteroatoms. The van der Waals surface area contributed by atoms with Crippen LogP contribution in [0.25, 0.3) is 0 Å². The van der Waals surface area contributed by atoms with Crippen LogP contribution in [0.5, 0.6) is 17.2 Å². The molecule has 1 aromatic heterocycles. The fourth-order valence-corrected chi connectivity index (χ4v) is 3.10. The van der Waals surface area contributed by atoms with Gasteiger partial charge >= 0.3 is 11.9 Å². The van der Waals surface area contributed by atoms with E-state index in [0.29, 0.717) is 12.2 Å². The first-order valence-corrected chi connectivity index (χ1v) is 11.6. The SMILES string of the molecule is CCC(=O)OC(C(C)C)C(C)Oc1ccc(F)cc1C.COc1ccnc(C(N)=O)c1OCOC(C)=O. The van der Waals surface area contributed by atoms with Gasteiger partial charge in [-0.2, -0.15) is 0 Å². The summed E-state index contributed by atoms with van der Waals surface area (Å²) in [5.41, 5.74) is 5.76. The maximum atomic E-state index is 13.1. The molecular formula is C26H35FN2O8. The van der Waals surface area contributed by atoms with Crippen LogP contribution < -0.4 is 19.9 Å². The van der Waals surface area contributed by atoms with Gasteiger partial charge in [-0.25, -0.2) is 9.37 Å². The number of nitrogens with zero attached hydrogens (tertiary/aromatic N) is 1. The summed E-state index contributed by atoms with van der Waals surface area (Å²) >= 11 is 0. The van der Waals surface area contributed by atoms with Gasteiger partial charge in [0, 0.05) is 25.6 Å². The van der Waals surface area contributed by atoms with Crippen LogP contribution in [-0.2, 0) is 19.1 Å². The summed E-state index contributed by atoms with van der Waals surface area (Å²) in [7, 11) is 1.40. The second-order valence-electron chi connectivity index (χ2n) is 8.24. The standard InChI is InChI=1S/C16H23FO3.C10H12N2O5/c1-6-15(18)20-16(10(2)3)12(5)19-14-8-7-13(17)9-11(14)4;1-6(13)16-5-17-9-7(15-2)3-4-12-8(9)10(11)14/h7-10,12,16H,6H2,1-5H3;3-4H,5H2,1-2H3,(H2,11,14). The Hall–Kier alpha value is -3.89. The number of nitrogens with two attached hydrogens (primary N) is 1. The molecule has 37 heavy (non-hydrogen) atoms. The number of benzene rings is 1. The lowest BCUT2D eigenvalue weighted by atomic mass is 10.0. The van der Waals surface area contributed by atoms with E-state index in [1.54, 1.807) is 19.9 Å². The fraction of sp³-hybridized carbons (Fsp3) is 0.462. The molecule has 0 radical (unpaired) electrons. The van der Waals surface area contributed by atoms with E-state index in [1.807, 2.05) is 20.8 Å². The third-order valence-corrected chi connectivity index (χ3v) is 4.91. The van der Waals surface area contributed by atoms with Crippen LogP contribution in [0.2, 0.25) is 0 Å². The second kappa shape index (κ2) is 15.3. The van der Waals surface area contributed by atoms with E-state index >= 15 is 0 Å². The van der Waals surface area contributed by atoms with Crippen molar-refractivity contribution < 1.29 is 42.5 Å². The first-order chi connectivity index (χ1) is 17.4. The molecular weight excluding hydrogens is 487 g/mol. The molecule has 1 heterocycles. The molecule has 0 saturated heterocycles. The topological polar surface area (TPSA) is 136 Å². The summed E-state index contributed by atoms with van der Waals surface area (Å²) in [4.78, 5) is 36.9. The summed E-state index contributed by atoms with van der Waals surface area (Å²) in [5.74, 6) is -0.728. The zero-order chi connectivity index (χ0) is 28.1. The van der Waals surface area contributed by atoms with Gasteiger partial charge in [0.25, 0.3) is 5.91 Å². The second-order valence-corrected chi connectivity index (χ2v) is 8.24. The normalized spacial score (nSPS) is 11.9. The molecule has 0 spiro atoms. The van der Waals surface area contributed by atoms with Gasteiger partial charge in [0.2, 0.25) is 6.79 Å². The number of aryl methyl sites for hydroxylation is 1. The van der Waals surface area contributed by atoms with Crippen molar-refractivity contribution in [1.82, 2.24) is 4.98 Å².